The van der Waals surface area contributed by atoms with E-state index < -0.39 is 0 Å². The second-order valence-electron chi connectivity index (χ2n) is 5.23. The molecule has 0 bridgehead atoms. The van der Waals surface area contributed by atoms with E-state index >= 15 is 0 Å². The Labute approximate surface area is 117 Å². The van der Waals surface area contributed by atoms with Crippen LogP contribution in [0.3, 0.4) is 0 Å². The van der Waals surface area contributed by atoms with Crippen LogP contribution in [-0.2, 0) is 0 Å². The van der Waals surface area contributed by atoms with Crippen molar-refractivity contribution in [2.75, 3.05) is 19.3 Å². The number of rotatable bonds is 3. The highest BCUT2D eigenvalue weighted by Gasteiger charge is 2.20. The van der Waals surface area contributed by atoms with Gasteiger partial charge in [-0.25, -0.2) is 4.98 Å². The summed E-state index contributed by atoms with van der Waals surface area (Å²) in [4.78, 5) is 20.0. The zero-order valence-corrected chi connectivity index (χ0v) is 12.5. The lowest BCUT2D eigenvalue weighted by Gasteiger charge is -2.18. The van der Waals surface area contributed by atoms with Gasteiger partial charge in [-0.2, -0.15) is 0 Å². The SMILES string of the molecule is Cc1ccc2c(N)c(C(=O)N(C)CC(C)C)sc2n1. The van der Waals surface area contributed by atoms with Gasteiger partial charge in [-0.05, 0) is 25.0 Å². The normalized spacial score (nSPS) is 11.2. The second-order valence-corrected chi connectivity index (χ2v) is 6.23. The van der Waals surface area contributed by atoms with Crippen molar-refractivity contribution in [1.82, 2.24) is 9.88 Å². The Kier molecular flexibility index (Phi) is 3.75. The van der Waals surface area contributed by atoms with E-state index in [-0.39, 0.29) is 5.91 Å². The third kappa shape index (κ3) is 2.71. The maximum Gasteiger partial charge on any atom is 0.265 e. The number of hydrogen-bond acceptors (Lipinski definition) is 4. The number of hydrogen-bond donors (Lipinski definition) is 1. The van der Waals surface area contributed by atoms with Crippen LogP contribution in [0, 0.1) is 12.8 Å². The van der Waals surface area contributed by atoms with Gasteiger partial charge in [0.05, 0.1) is 5.69 Å². The summed E-state index contributed by atoms with van der Waals surface area (Å²) in [7, 11) is 1.81. The second kappa shape index (κ2) is 5.17. The first-order valence-corrected chi connectivity index (χ1v) is 7.13. The summed E-state index contributed by atoms with van der Waals surface area (Å²) < 4.78 is 0. The minimum atomic E-state index is -0.0214. The van der Waals surface area contributed by atoms with Crippen molar-refractivity contribution < 1.29 is 4.79 Å². The third-order valence-electron chi connectivity index (χ3n) is 2.91. The van der Waals surface area contributed by atoms with Gasteiger partial charge in [0.15, 0.2) is 0 Å². The monoisotopic (exact) mass is 277 g/mol. The first kappa shape index (κ1) is 13.8. The maximum absolute atomic E-state index is 12.4. The molecular formula is C14H19N3OS. The van der Waals surface area contributed by atoms with Gasteiger partial charge in [-0.15, -0.1) is 11.3 Å². The van der Waals surface area contributed by atoms with Crippen molar-refractivity contribution in [3.05, 3.63) is 22.7 Å². The number of aryl methyl sites for hydroxylation is 1. The minimum absolute atomic E-state index is 0.0214. The number of amides is 1. The van der Waals surface area contributed by atoms with Crippen LogP contribution in [0.2, 0.25) is 0 Å². The summed E-state index contributed by atoms with van der Waals surface area (Å²) in [6.07, 6.45) is 0. The molecule has 0 saturated heterocycles. The van der Waals surface area contributed by atoms with Crippen LogP contribution in [0.5, 0.6) is 0 Å². The van der Waals surface area contributed by atoms with Gasteiger partial charge in [-0.1, -0.05) is 13.8 Å². The largest absolute Gasteiger partial charge is 0.397 e. The van der Waals surface area contributed by atoms with Crippen molar-refractivity contribution in [2.45, 2.75) is 20.8 Å². The van der Waals surface area contributed by atoms with E-state index in [0.717, 1.165) is 22.5 Å². The summed E-state index contributed by atoms with van der Waals surface area (Å²) in [5.41, 5.74) is 7.56. The van der Waals surface area contributed by atoms with Crippen molar-refractivity contribution in [2.24, 2.45) is 5.92 Å². The van der Waals surface area contributed by atoms with Gasteiger partial charge in [-0.3, -0.25) is 4.79 Å². The molecule has 2 heterocycles. The number of nitrogens with two attached hydrogens (primary N) is 1. The molecule has 0 fully saturated rings. The van der Waals surface area contributed by atoms with Crippen LogP contribution in [0.15, 0.2) is 12.1 Å². The Morgan fingerprint density at radius 1 is 1.47 bits per heavy atom. The standard InChI is InChI=1S/C14H19N3OS/c1-8(2)7-17(4)14(18)12-11(15)10-6-5-9(3)16-13(10)19-12/h5-6,8H,7,15H2,1-4H3. The van der Waals surface area contributed by atoms with Crippen LogP contribution in [0.1, 0.15) is 29.2 Å². The predicted octanol–water partition coefficient (Wildman–Crippen LogP) is 2.91. The summed E-state index contributed by atoms with van der Waals surface area (Å²) >= 11 is 1.37. The van der Waals surface area contributed by atoms with Gasteiger partial charge >= 0.3 is 0 Å². The molecule has 0 aromatic carbocycles. The van der Waals surface area contributed by atoms with Crippen molar-refractivity contribution in [3.63, 3.8) is 0 Å². The Hall–Kier alpha value is -1.62. The third-order valence-corrected chi connectivity index (χ3v) is 4.02. The number of thiophene rings is 1. The van der Waals surface area contributed by atoms with E-state index in [1.54, 1.807) is 4.90 Å². The Morgan fingerprint density at radius 2 is 2.16 bits per heavy atom. The summed E-state index contributed by atoms with van der Waals surface area (Å²) in [6.45, 7) is 6.83. The molecule has 102 valence electrons. The summed E-state index contributed by atoms with van der Waals surface area (Å²) in [5, 5.41) is 0.872. The molecule has 0 aliphatic heterocycles. The fraction of sp³-hybridized carbons (Fsp3) is 0.429. The molecule has 0 saturated carbocycles. The number of nitrogens with zero attached hydrogens (tertiary/aromatic N) is 2. The molecule has 0 unspecified atom stereocenters. The molecule has 0 radical (unpaired) electrons. The summed E-state index contributed by atoms with van der Waals surface area (Å²) in [6, 6.07) is 3.85. The smallest absolute Gasteiger partial charge is 0.265 e. The first-order valence-electron chi connectivity index (χ1n) is 6.31. The molecule has 2 aromatic heterocycles. The van der Waals surface area contributed by atoms with E-state index in [0.29, 0.717) is 16.5 Å². The highest BCUT2D eigenvalue weighted by Crippen LogP contribution is 2.33. The van der Waals surface area contributed by atoms with Crippen LogP contribution in [0.25, 0.3) is 10.2 Å². The molecule has 0 atom stereocenters. The molecule has 2 N–H and O–H groups in total. The van der Waals surface area contributed by atoms with Crippen LogP contribution in [0.4, 0.5) is 5.69 Å². The molecular weight excluding hydrogens is 258 g/mol. The topological polar surface area (TPSA) is 59.2 Å². The molecule has 2 rings (SSSR count). The van der Waals surface area contributed by atoms with Gasteiger partial charge in [0.25, 0.3) is 5.91 Å². The molecule has 19 heavy (non-hydrogen) atoms. The zero-order chi connectivity index (χ0) is 14.2. The number of aromatic nitrogens is 1. The van der Waals surface area contributed by atoms with Crippen molar-refractivity contribution in [1.29, 1.82) is 0 Å². The molecule has 5 heteroatoms. The molecule has 0 aliphatic carbocycles. The molecule has 2 aromatic rings. The van der Waals surface area contributed by atoms with E-state index in [1.807, 2.05) is 26.1 Å². The zero-order valence-electron chi connectivity index (χ0n) is 11.7. The lowest BCUT2D eigenvalue weighted by Crippen LogP contribution is -2.30. The quantitative estimate of drug-likeness (QED) is 0.938. The Morgan fingerprint density at radius 3 is 2.79 bits per heavy atom. The fourth-order valence-electron chi connectivity index (χ4n) is 2.05. The molecule has 4 nitrogen and oxygen atoms in total. The van der Waals surface area contributed by atoms with Crippen LogP contribution in [-0.4, -0.2) is 29.4 Å². The Bertz CT molecular complexity index is 618. The number of carbonyl (C=O) groups is 1. The molecule has 0 aliphatic rings. The number of nitrogen functional groups attached to an aromatic ring is 1. The maximum atomic E-state index is 12.4. The highest BCUT2D eigenvalue weighted by molar-refractivity contribution is 7.21. The van der Waals surface area contributed by atoms with Gasteiger partial charge in [0.1, 0.15) is 9.71 Å². The van der Waals surface area contributed by atoms with Crippen LogP contribution < -0.4 is 5.73 Å². The Balaban J connectivity index is 2.40. The number of anilines is 1. The lowest BCUT2D eigenvalue weighted by molar-refractivity contribution is 0.0785. The lowest BCUT2D eigenvalue weighted by atomic mass is 10.2. The van der Waals surface area contributed by atoms with Crippen LogP contribution >= 0.6 is 11.3 Å². The summed E-state index contributed by atoms with van der Waals surface area (Å²) in [5.74, 6) is 0.414. The average molecular weight is 277 g/mol. The average Bonchev–Trinajstić information content (AvgIpc) is 2.64. The van der Waals surface area contributed by atoms with Gasteiger partial charge < -0.3 is 10.6 Å². The van der Waals surface area contributed by atoms with Gasteiger partial charge in [0.2, 0.25) is 0 Å². The number of carbonyl (C=O) groups excluding carboxylic acids is 1. The number of pyridine rings is 1. The molecule has 1 amide bonds. The predicted molar refractivity (Wildman–Crippen MR) is 80.6 cm³/mol. The van der Waals surface area contributed by atoms with Crippen molar-refractivity contribution in [3.8, 4) is 0 Å². The first-order chi connectivity index (χ1) is 8.90. The fourth-order valence-corrected chi connectivity index (χ4v) is 3.19. The van der Waals surface area contributed by atoms with E-state index in [9.17, 15) is 4.79 Å². The van der Waals surface area contributed by atoms with Crippen molar-refractivity contribution >= 4 is 33.1 Å². The van der Waals surface area contributed by atoms with E-state index in [2.05, 4.69) is 18.8 Å². The highest BCUT2D eigenvalue weighted by atomic mass is 32.1. The van der Waals surface area contributed by atoms with E-state index in [1.165, 1.54) is 11.3 Å². The van der Waals surface area contributed by atoms with E-state index in [4.69, 9.17) is 5.73 Å². The minimum Gasteiger partial charge on any atom is -0.397 e. The molecule has 0 spiro atoms. The van der Waals surface area contributed by atoms with Gasteiger partial charge in [0, 0.05) is 24.7 Å². The number of fused-ring (bicyclic) bond motifs is 1.